The number of aromatic nitrogens is 3. The summed E-state index contributed by atoms with van der Waals surface area (Å²) in [6, 6.07) is 7.73. The van der Waals surface area contributed by atoms with Gasteiger partial charge in [-0.25, -0.2) is 0 Å². The fraction of sp³-hybridized carbons (Fsp3) is 0.364. The number of nitrogens with zero attached hydrogens (tertiary/aromatic N) is 3. The maximum Gasteiger partial charge on any atom is 0.247 e. The van der Waals surface area contributed by atoms with Crippen LogP contribution in [0.15, 0.2) is 48.1 Å². The van der Waals surface area contributed by atoms with E-state index in [1.807, 2.05) is 60.9 Å². The van der Waals surface area contributed by atoms with E-state index in [-0.39, 0.29) is 11.8 Å². The molecule has 0 spiro atoms. The first-order valence-electron chi connectivity index (χ1n) is 9.98. The lowest BCUT2D eigenvalue weighted by Crippen LogP contribution is -2.27. The Hall–Kier alpha value is -3.22. The number of carbonyl (C=O) groups excluding carboxylic acids is 2. The van der Waals surface area contributed by atoms with Gasteiger partial charge in [-0.05, 0) is 38.0 Å². The number of amides is 2. The summed E-state index contributed by atoms with van der Waals surface area (Å²) in [5.74, 6) is 1.52. The van der Waals surface area contributed by atoms with Crippen LogP contribution in [0.3, 0.4) is 0 Å². The molecule has 2 N–H and O–H groups in total. The smallest absolute Gasteiger partial charge is 0.247 e. The van der Waals surface area contributed by atoms with E-state index in [4.69, 9.17) is 0 Å². The number of hydrogen-bond acceptors (Lipinski definition) is 4. The maximum atomic E-state index is 12.2. The van der Waals surface area contributed by atoms with E-state index in [1.165, 1.54) is 0 Å². The maximum absolute atomic E-state index is 12.2. The van der Waals surface area contributed by atoms with Crippen LogP contribution in [-0.2, 0) is 29.0 Å². The van der Waals surface area contributed by atoms with Crippen molar-refractivity contribution in [3.63, 3.8) is 0 Å². The highest BCUT2D eigenvalue weighted by Crippen LogP contribution is 2.12. The Morgan fingerprint density at radius 2 is 1.97 bits per heavy atom. The molecule has 2 amide bonds. The van der Waals surface area contributed by atoms with E-state index >= 15 is 0 Å². The first kappa shape index (κ1) is 20.5. The summed E-state index contributed by atoms with van der Waals surface area (Å²) < 4.78 is 2.02. The molecule has 1 aromatic heterocycles. The molecule has 1 aliphatic rings. The summed E-state index contributed by atoms with van der Waals surface area (Å²) in [6.45, 7) is 5.24. The molecule has 1 aliphatic carbocycles. The SMILES string of the molecule is CCn1c(CCNC(=O)C2=CC=CC2)nnc1CCC(=O)Nc1cccc(C)c1. The third-order valence-electron chi connectivity index (χ3n) is 4.79. The van der Waals surface area contributed by atoms with Crippen molar-refractivity contribution in [1.29, 1.82) is 0 Å². The number of aryl methyl sites for hydroxylation is 2. The zero-order chi connectivity index (χ0) is 20.6. The quantitative estimate of drug-likeness (QED) is 0.686. The van der Waals surface area contributed by atoms with Gasteiger partial charge in [0, 0.05) is 43.6 Å². The van der Waals surface area contributed by atoms with Gasteiger partial charge < -0.3 is 15.2 Å². The van der Waals surface area contributed by atoms with Crippen molar-refractivity contribution in [3.05, 3.63) is 65.3 Å². The van der Waals surface area contributed by atoms with Gasteiger partial charge in [0.05, 0.1) is 0 Å². The molecule has 0 unspecified atom stereocenters. The molecular weight excluding hydrogens is 366 g/mol. The van der Waals surface area contributed by atoms with Crippen molar-refractivity contribution in [1.82, 2.24) is 20.1 Å². The van der Waals surface area contributed by atoms with Crippen LogP contribution in [0.25, 0.3) is 0 Å². The van der Waals surface area contributed by atoms with Gasteiger partial charge in [0.25, 0.3) is 0 Å². The molecule has 29 heavy (non-hydrogen) atoms. The highest BCUT2D eigenvalue weighted by atomic mass is 16.2. The summed E-state index contributed by atoms with van der Waals surface area (Å²) in [4.78, 5) is 24.3. The third-order valence-corrected chi connectivity index (χ3v) is 4.79. The topological polar surface area (TPSA) is 88.9 Å². The van der Waals surface area contributed by atoms with Gasteiger partial charge in [0.15, 0.2) is 0 Å². The van der Waals surface area contributed by atoms with Crippen LogP contribution in [0.2, 0.25) is 0 Å². The molecule has 0 radical (unpaired) electrons. The predicted octanol–water partition coefficient (Wildman–Crippen LogP) is 2.72. The van der Waals surface area contributed by atoms with Gasteiger partial charge in [-0.2, -0.15) is 0 Å². The molecule has 1 heterocycles. The van der Waals surface area contributed by atoms with Gasteiger partial charge >= 0.3 is 0 Å². The molecule has 0 bridgehead atoms. The van der Waals surface area contributed by atoms with Gasteiger partial charge in [0.1, 0.15) is 11.6 Å². The second-order valence-electron chi connectivity index (χ2n) is 7.02. The first-order chi connectivity index (χ1) is 14.1. The number of carbonyl (C=O) groups is 2. The van der Waals surface area contributed by atoms with E-state index in [0.717, 1.165) is 35.0 Å². The lowest BCUT2D eigenvalue weighted by molar-refractivity contribution is -0.117. The van der Waals surface area contributed by atoms with Crippen molar-refractivity contribution < 1.29 is 9.59 Å². The van der Waals surface area contributed by atoms with Gasteiger partial charge in [-0.15, -0.1) is 10.2 Å². The molecule has 0 fully saturated rings. The van der Waals surface area contributed by atoms with Crippen molar-refractivity contribution >= 4 is 17.5 Å². The van der Waals surface area contributed by atoms with Crippen LogP contribution in [0.1, 0.15) is 37.0 Å². The van der Waals surface area contributed by atoms with Crippen LogP contribution in [0.4, 0.5) is 5.69 Å². The van der Waals surface area contributed by atoms with E-state index in [0.29, 0.717) is 32.2 Å². The van der Waals surface area contributed by atoms with Crippen molar-refractivity contribution in [2.75, 3.05) is 11.9 Å². The van der Waals surface area contributed by atoms with Crippen LogP contribution in [0.5, 0.6) is 0 Å². The van der Waals surface area contributed by atoms with Gasteiger partial charge in [0.2, 0.25) is 11.8 Å². The molecule has 3 rings (SSSR count). The summed E-state index contributed by atoms with van der Waals surface area (Å²) in [6.07, 6.45) is 7.83. The van der Waals surface area contributed by atoms with E-state index in [2.05, 4.69) is 20.8 Å². The normalized spacial score (nSPS) is 12.7. The molecule has 1 aromatic carbocycles. The van der Waals surface area contributed by atoms with Crippen LogP contribution in [-0.4, -0.2) is 33.1 Å². The van der Waals surface area contributed by atoms with Crippen LogP contribution in [0, 0.1) is 6.92 Å². The highest BCUT2D eigenvalue weighted by molar-refractivity contribution is 5.94. The van der Waals surface area contributed by atoms with E-state index in [1.54, 1.807) is 0 Å². The monoisotopic (exact) mass is 393 g/mol. The number of rotatable bonds is 9. The number of hydrogen-bond donors (Lipinski definition) is 2. The van der Waals surface area contributed by atoms with E-state index < -0.39 is 0 Å². The van der Waals surface area contributed by atoms with Crippen LogP contribution >= 0.6 is 0 Å². The molecule has 7 nitrogen and oxygen atoms in total. The Morgan fingerprint density at radius 3 is 2.66 bits per heavy atom. The molecule has 2 aromatic rings. The summed E-state index contributed by atoms with van der Waals surface area (Å²) in [7, 11) is 0. The largest absolute Gasteiger partial charge is 0.352 e. The first-order valence-corrected chi connectivity index (χ1v) is 9.98. The van der Waals surface area contributed by atoms with Gasteiger partial charge in [-0.1, -0.05) is 30.4 Å². The summed E-state index contributed by atoms with van der Waals surface area (Å²) in [5.41, 5.74) is 2.68. The zero-order valence-electron chi connectivity index (χ0n) is 16.9. The molecule has 0 atom stereocenters. The Balaban J connectivity index is 1.49. The lowest BCUT2D eigenvalue weighted by atomic mass is 10.2. The molecule has 7 heteroatoms. The molecule has 0 saturated carbocycles. The second-order valence-corrected chi connectivity index (χ2v) is 7.02. The third kappa shape index (κ3) is 5.63. The molecule has 0 aliphatic heterocycles. The fourth-order valence-electron chi connectivity index (χ4n) is 3.30. The van der Waals surface area contributed by atoms with E-state index in [9.17, 15) is 9.59 Å². The number of allylic oxidation sites excluding steroid dienone is 3. The van der Waals surface area contributed by atoms with Crippen LogP contribution < -0.4 is 10.6 Å². The second kappa shape index (κ2) is 9.82. The summed E-state index contributed by atoms with van der Waals surface area (Å²) >= 11 is 0. The molecule has 0 saturated heterocycles. The number of benzene rings is 1. The number of anilines is 1. The standard InChI is InChI=1S/C22H27N5O2/c1-3-27-19(11-12-21(28)24-18-10-6-7-16(2)15-18)25-26-20(27)13-14-23-22(29)17-8-4-5-9-17/h4-8,10,15H,3,9,11-14H2,1-2H3,(H,23,29)(H,24,28). The average molecular weight is 393 g/mol. The lowest BCUT2D eigenvalue weighted by Gasteiger charge is -2.09. The average Bonchev–Trinajstić information content (AvgIpc) is 3.36. The predicted molar refractivity (Wildman–Crippen MR) is 112 cm³/mol. The molecule has 152 valence electrons. The minimum absolute atomic E-state index is 0.0365. The summed E-state index contributed by atoms with van der Waals surface area (Å²) in [5, 5.41) is 14.4. The Morgan fingerprint density at radius 1 is 1.17 bits per heavy atom. The number of nitrogens with one attached hydrogen (secondary N) is 2. The van der Waals surface area contributed by atoms with Crippen molar-refractivity contribution in [2.45, 2.75) is 46.1 Å². The zero-order valence-corrected chi connectivity index (χ0v) is 16.9. The Bertz CT molecular complexity index is 942. The van der Waals surface area contributed by atoms with Gasteiger partial charge in [-0.3, -0.25) is 9.59 Å². The minimum atomic E-state index is -0.0477. The Labute approximate surface area is 170 Å². The molecular formula is C22H27N5O2. The highest BCUT2D eigenvalue weighted by Gasteiger charge is 2.14. The minimum Gasteiger partial charge on any atom is -0.352 e. The van der Waals surface area contributed by atoms with Crippen molar-refractivity contribution in [3.8, 4) is 0 Å². The van der Waals surface area contributed by atoms with Crippen molar-refractivity contribution in [2.24, 2.45) is 0 Å². The fourth-order valence-corrected chi connectivity index (χ4v) is 3.30. The Kier molecular flexibility index (Phi) is 6.94.